The van der Waals surface area contributed by atoms with Gasteiger partial charge in [-0.1, -0.05) is 91.0 Å². The lowest BCUT2D eigenvalue weighted by atomic mass is 9.92. The number of fused-ring (bicyclic) bond motifs is 2. The molecule has 0 saturated heterocycles. The molecule has 0 spiro atoms. The quantitative estimate of drug-likeness (QED) is 0.265. The highest BCUT2D eigenvalue weighted by atomic mass is 16.5. The molecule has 6 aromatic rings. The minimum atomic E-state index is 0.0167. The molecular weight excluding hydrogens is 448 g/mol. The van der Waals surface area contributed by atoms with Crippen molar-refractivity contribution in [1.82, 2.24) is 0 Å². The van der Waals surface area contributed by atoms with Crippen molar-refractivity contribution in [3.8, 4) is 45.6 Å². The van der Waals surface area contributed by atoms with E-state index in [4.69, 9.17) is 9.47 Å². The summed E-state index contributed by atoms with van der Waals surface area (Å²) in [5.41, 5.74) is 1.80. The van der Waals surface area contributed by atoms with E-state index in [1.54, 1.807) is 48.5 Å². The second-order valence-corrected chi connectivity index (χ2v) is 8.47. The van der Waals surface area contributed by atoms with Gasteiger partial charge in [-0.3, -0.25) is 0 Å². The highest BCUT2D eigenvalue weighted by Crippen LogP contribution is 2.50. The Morgan fingerprint density at radius 1 is 0.444 bits per heavy atom. The molecule has 0 fully saturated rings. The van der Waals surface area contributed by atoms with Gasteiger partial charge in [0.15, 0.2) is 34.5 Å². The summed E-state index contributed by atoms with van der Waals surface area (Å²) in [5.74, 6) is 1.50. The number of para-hydroxylation sites is 4. The topological polar surface area (TPSA) is 58.9 Å². The van der Waals surface area contributed by atoms with E-state index in [1.807, 2.05) is 48.5 Å². The first kappa shape index (κ1) is 21.6. The summed E-state index contributed by atoms with van der Waals surface area (Å²) in [6, 6.07) is 37.9. The van der Waals surface area contributed by atoms with E-state index < -0.39 is 0 Å². The molecule has 174 valence electrons. The maximum Gasteiger partial charge on any atom is 0.178 e. The largest absolute Gasteiger partial charge is 0.504 e. The van der Waals surface area contributed by atoms with Crippen molar-refractivity contribution in [2.75, 3.05) is 0 Å². The van der Waals surface area contributed by atoms with Crippen molar-refractivity contribution >= 4 is 21.5 Å². The predicted molar refractivity (Wildman–Crippen MR) is 143 cm³/mol. The summed E-state index contributed by atoms with van der Waals surface area (Å²) in [6.07, 6.45) is 0. The first-order valence-corrected chi connectivity index (χ1v) is 11.6. The predicted octanol–water partition coefficient (Wildman–Crippen LogP) is 8.66. The Labute approximate surface area is 208 Å². The van der Waals surface area contributed by atoms with Crippen LogP contribution in [0, 0.1) is 0 Å². The van der Waals surface area contributed by atoms with Crippen molar-refractivity contribution in [2.24, 2.45) is 0 Å². The van der Waals surface area contributed by atoms with Crippen LogP contribution in [0.3, 0.4) is 0 Å². The monoisotopic (exact) mass is 470 g/mol. The molecule has 4 heteroatoms. The molecular formula is C32H22O4. The molecule has 2 N–H and O–H groups in total. The molecule has 0 aliphatic heterocycles. The van der Waals surface area contributed by atoms with Gasteiger partial charge in [-0.05, 0) is 57.4 Å². The van der Waals surface area contributed by atoms with Crippen LogP contribution in [0.25, 0.3) is 32.7 Å². The lowest BCUT2D eigenvalue weighted by Crippen LogP contribution is -1.96. The number of phenols is 2. The number of phenolic OH excluding ortho intramolecular Hbond substituents is 2. The lowest BCUT2D eigenvalue weighted by Gasteiger charge is -2.20. The van der Waals surface area contributed by atoms with Crippen LogP contribution < -0.4 is 9.47 Å². The molecule has 0 unspecified atom stereocenters. The van der Waals surface area contributed by atoms with Gasteiger partial charge in [0.2, 0.25) is 0 Å². The minimum absolute atomic E-state index is 0.0167. The molecule has 0 aromatic heterocycles. The summed E-state index contributed by atoms with van der Waals surface area (Å²) in [6.45, 7) is 0. The molecule has 0 amide bonds. The molecule has 0 aliphatic rings. The Morgan fingerprint density at radius 2 is 1.00 bits per heavy atom. The van der Waals surface area contributed by atoms with E-state index in [-0.39, 0.29) is 11.5 Å². The zero-order valence-electron chi connectivity index (χ0n) is 19.3. The third kappa shape index (κ3) is 3.85. The SMILES string of the molecule is Oc1ccccc1Oc1cc2ccccc2c(-c2cccc3ccccc23)c1Oc1ccccc1O. The van der Waals surface area contributed by atoms with Crippen LogP contribution in [0.4, 0.5) is 0 Å². The molecule has 0 saturated carbocycles. The van der Waals surface area contributed by atoms with Crippen LogP contribution in [0.15, 0.2) is 121 Å². The average Bonchev–Trinajstić information content (AvgIpc) is 2.91. The molecule has 0 bridgehead atoms. The molecule has 36 heavy (non-hydrogen) atoms. The van der Waals surface area contributed by atoms with Gasteiger partial charge in [0.1, 0.15) is 0 Å². The maximum absolute atomic E-state index is 10.5. The summed E-state index contributed by atoms with van der Waals surface area (Å²) in [7, 11) is 0. The maximum atomic E-state index is 10.5. The molecule has 0 atom stereocenters. The van der Waals surface area contributed by atoms with Crippen LogP contribution in [-0.4, -0.2) is 10.2 Å². The van der Waals surface area contributed by atoms with Crippen molar-refractivity contribution in [1.29, 1.82) is 0 Å². The third-order valence-electron chi connectivity index (χ3n) is 6.19. The number of rotatable bonds is 5. The van der Waals surface area contributed by atoms with Gasteiger partial charge >= 0.3 is 0 Å². The van der Waals surface area contributed by atoms with Crippen molar-refractivity contribution in [3.05, 3.63) is 121 Å². The second-order valence-electron chi connectivity index (χ2n) is 8.47. The minimum Gasteiger partial charge on any atom is -0.504 e. The van der Waals surface area contributed by atoms with E-state index in [1.165, 1.54) is 0 Å². The second kappa shape index (κ2) is 9.01. The number of ether oxygens (including phenoxy) is 2. The molecule has 4 nitrogen and oxygen atoms in total. The van der Waals surface area contributed by atoms with E-state index in [0.717, 1.165) is 32.7 Å². The van der Waals surface area contributed by atoms with Crippen LogP contribution in [-0.2, 0) is 0 Å². The standard InChI is InChI=1S/C32H22O4/c33-26-16-5-7-18-28(26)35-30-20-22-11-2-4-14-24(22)31(32(30)36-29-19-8-6-17-27(29)34)25-15-9-12-21-10-1-3-13-23(21)25/h1-20,33-34H. The van der Waals surface area contributed by atoms with Crippen LogP contribution in [0.5, 0.6) is 34.5 Å². The number of hydrogen-bond donors (Lipinski definition) is 2. The van der Waals surface area contributed by atoms with Crippen LogP contribution >= 0.6 is 0 Å². The normalized spacial score (nSPS) is 11.0. The average molecular weight is 471 g/mol. The molecule has 6 rings (SSSR count). The van der Waals surface area contributed by atoms with Gasteiger partial charge in [0, 0.05) is 5.56 Å². The fraction of sp³-hybridized carbons (Fsp3) is 0. The van der Waals surface area contributed by atoms with Gasteiger partial charge in [0.25, 0.3) is 0 Å². The molecule has 0 radical (unpaired) electrons. The Morgan fingerprint density at radius 3 is 1.72 bits per heavy atom. The third-order valence-corrected chi connectivity index (χ3v) is 6.19. The van der Waals surface area contributed by atoms with Gasteiger partial charge in [-0.15, -0.1) is 0 Å². The van der Waals surface area contributed by atoms with E-state index >= 15 is 0 Å². The molecule has 0 aliphatic carbocycles. The summed E-state index contributed by atoms with van der Waals surface area (Å²) >= 11 is 0. The Balaban J connectivity index is 1.69. The van der Waals surface area contributed by atoms with E-state index in [9.17, 15) is 10.2 Å². The van der Waals surface area contributed by atoms with Crippen LogP contribution in [0.2, 0.25) is 0 Å². The summed E-state index contributed by atoms with van der Waals surface area (Å²) < 4.78 is 12.7. The van der Waals surface area contributed by atoms with E-state index in [2.05, 4.69) is 24.3 Å². The number of benzene rings is 6. The highest BCUT2D eigenvalue weighted by Gasteiger charge is 2.22. The first-order valence-electron chi connectivity index (χ1n) is 11.6. The highest BCUT2D eigenvalue weighted by molar-refractivity contribution is 6.09. The number of hydrogen-bond acceptors (Lipinski definition) is 4. The summed E-state index contributed by atoms with van der Waals surface area (Å²) in [4.78, 5) is 0. The van der Waals surface area contributed by atoms with Crippen molar-refractivity contribution < 1.29 is 19.7 Å². The van der Waals surface area contributed by atoms with Gasteiger partial charge < -0.3 is 19.7 Å². The Hall–Kier alpha value is -4.96. The lowest BCUT2D eigenvalue weighted by molar-refractivity contribution is 0.378. The zero-order chi connectivity index (χ0) is 24.5. The van der Waals surface area contributed by atoms with Crippen molar-refractivity contribution in [2.45, 2.75) is 0 Å². The van der Waals surface area contributed by atoms with E-state index in [0.29, 0.717) is 23.0 Å². The van der Waals surface area contributed by atoms with Gasteiger partial charge in [-0.2, -0.15) is 0 Å². The number of aromatic hydroxyl groups is 2. The Bertz CT molecular complexity index is 1720. The molecule has 6 aromatic carbocycles. The smallest absolute Gasteiger partial charge is 0.178 e. The van der Waals surface area contributed by atoms with Crippen molar-refractivity contribution in [3.63, 3.8) is 0 Å². The Kier molecular flexibility index (Phi) is 5.39. The fourth-order valence-electron chi connectivity index (χ4n) is 4.51. The zero-order valence-corrected chi connectivity index (χ0v) is 19.3. The van der Waals surface area contributed by atoms with Gasteiger partial charge in [0.05, 0.1) is 0 Å². The van der Waals surface area contributed by atoms with Gasteiger partial charge in [-0.25, -0.2) is 0 Å². The first-order chi connectivity index (χ1) is 17.7. The summed E-state index contributed by atoms with van der Waals surface area (Å²) in [5, 5.41) is 25.1. The molecule has 0 heterocycles. The fourth-order valence-corrected chi connectivity index (χ4v) is 4.51. The van der Waals surface area contributed by atoms with Crippen LogP contribution in [0.1, 0.15) is 0 Å².